The molecule has 0 saturated heterocycles. The molecule has 0 nitrogen and oxygen atoms in total. The molecule has 2 bridgehead atoms. The Labute approximate surface area is 107 Å². The number of hydrogen-bond acceptors (Lipinski definition) is 0. The molecule has 0 aliphatic heterocycles. The van der Waals surface area contributed by atoms with Gasteiger partial charge in [0.15, 0.2) is 0 Å². The Morgan fingerprint density at radius 2 is 1.70 bits per heavy atom. The van der Waals surface area contributed by atoms with Crippen LogP contribution in [-0.4, -0.2) is 59.1 Å². The van der Waals surface area contributed by atoms with Crippen LogP contribution in [0.3, 0.4) is 0 Å². The van der Waals surface area contributed by atoms with Crippen molar-refractivity contribution in [3.8, 4) is 0 Å². The van der Waals surface area contributed by atoms with E-state index in [0.29, 0.717) is 0 Å². The van der Waals surface area contributed by atoms with Crippen LogP contribution in [0.2, 0.25) is 0 Å². The maximum atomic E-state index is 2.46. The van der Waals surface area contributed by atoms with Gasteiger partial charge in [-0.25, -0.2) is 0 Å². The monoisotopic (exact) mass is 156 g/mol. The van der Waals surface area contributed by atoms with Crippen LogP contribution in [0.25, 0.3) is 0 Å². The Bertz CT molecular complexity index is 119. The average Bonchev–Trinajstić information content (AvgIpc) is 1.92. The molecule has 1 fully saturated rings. The van der Waals surface area contributed by atoms with Crippen molar-refractivity contribution in [3.05, 3.63) is 11.6 Å². The quantitative estimate of drug-likeness (QED) is 0.365. The molecule has 0 aromatic heterocycles. The SMILES string of the molecule is C1=C2CCC(C1)CC2.[NaH].[NaH]. The van der Waals surface area contributed by atoms with Gasteiger partial charge >= 0.3 is 59.1 Å². The van der Waals surface area contributed by atoms with Crippen molar-refractivity contribution >= 4 is 59.1 Å². The Morgan fingerprint density at radius 1 is 1.10 bits per heavy atom. The first-order valence-corrected chi connectivity index (χ1v) is 3.63. The fourth-order valence-corrected chi connectivity index (χ4v) is 1.82. The van der Waals surface area contributed by atoms with Crippen LogP contribution in [0.4, 0.5) is 0 Å². The first-order chi connectivity index (χ1) is 3.95. The van der Waals surface area contributed by atoms with Crippen molar-refractivity contribution in [3.63, 3.8) is 0 Å². The molecule has 0 aromatic rings. The Balaban J connectivity index is 0.000000405. The van der Waals surface area contributed by atoms with Crippen molar-refractivity contribution in [2.24, 2.45) is 5.92 Å². The van der Waals surface area contributed by atoms with E-state index < -0.39 is 0 Å². The van der Waals surface area contributed by atoms with Gasteiger partial charge in [-0.2, -0.15) is 0 Å². The van der Waals surface area contributed by atoms with Gasteiger partial charge in [0.05, 0.1) is 0 Å². The molecule has 0 aromatic carbocycles. The summed E-state index contributed by atoms with van der Waals surface area (Å²) in [5.74, 6) is 1.08. The topological polar surface area (TPSA) is 0 Å². The van der Waals surface area contributed by atoms with E-state index in [0.717, 1.165) is 5.92 Å². The zero-order valence-corrected chi connectivity index (χ0v) is 5.19. The molecule has 3 rings (SSSR count). The molecule has 0 radical (unpaired) electrons. The Morgan fingerprint density at radius 3 is 1.80 bits per heavy atom. The molecule has 10 heavy (non-hydrogen) atoms. The van der Waals surface area contributed by atoms with E-state index in [1.54, 1.807) is 5.57 Å². The summed E-state index contributed by atoms with van der Waals surface area (Å²) in [4.78, 5) is 0. The van der Waals surface area contributed by atoms with Crippen molar-refractivity contribution < 1.29 is 0 Å². The molecule has 2 heteroatoms. The van der Waals surface area contributed by atoms with Crippen LogP contribution in [0, 0.1) is 5.92 Å². The van der Waals surface area contributed by atoms with E-state index in [4.69, 9.17) is 0 Å². The molecule has 0 unspecified atom stereocenters. The van der Waals surface area contributed by atoms with Gasteiger partial charge in [-0.3, -0.25) is 0 Å². The van der Waals surface area contributed by atoms with Gasteiger partial charge in [0.2, 0.25) is 0 Å². The summed E-state index contributed by atoms with van der Waals surface area (Å²) in [6.07, 6.45) is 9.68. The first-order valence-electron chi connectivity index (χ1n) is 3.63. The second-order valence-corrected chi connectivity index (χ2v) is 3.04. The molecular weight excluding hydrogens is 142 g/mol. The summed E-state index contributed by atoms with van der Waals surface area (Å²) in [5.41, 5.74) is 1.74. The van der Waals surface area contributed by atoms with E-state index >= 15 is 0 Å². The molecule has 3 aliphatic rings. The molecule has 0 N–H and O–H groups in total. The molecule has 0 atom stereocenters. The van der Waals surface area contributed by atoms with Gasteiger partial charge in [0.25, 0.3) is 0 Å². The van der Waals surface area contributed by atoms with Gasteiger partial charge in [-0.05, 0) is 38.0 Å². The van der Waals surface area contributed by atoms with Crippen LogP contribution >= 0.6 is 0 Å². The zero-order valence-electron chi connectivity index (χ0n) is 5.19. The van der Waals surface area contributed by atoms with Crippen LogP contribution < -0.4 is 0 Å². The van der Waals surface area contributed by atoms with E-state index in [2.05, 4.69) is 6.08 Å². The fraction of sp³-hybridized carbons (Fsp3) is 0.750. The van der Waals surface area contributed by atoms with E-state index in [1.165, 1.54) is 32.1 Å². The van der Waals surface area contributed by atoms with Gasteiger partial charge in [-0.1, -0.05) is 11.6 Å². The second kappa shape index (κ2) is 5.40. The minimum atomic E-state index is 0. The van der Waals surface area contributed by atoms with Crippen LogP contribution in [0.5, 0.6) is 0 Å². The standard InChI is InChI=1S/C8H12.2Na.2H/c1-2-8-5-3-7(1)4-6-8;;;;/h1,8H,2-6H2;;;;. The van der Waals surface area contributed by atoms with Crippen molar-refractivity contribution in [2.45, 2.75) is 32.1 Å². The average molecular weight is 156 g/mol. The summed E-state index contributed by atoms with van der Waals surface area (Å²) >= 11 is 0. The summed E-state index contributed by atoms with van der Waals surface area (Å²) in [6.45, 7) is 0. The third kappa shape index (κ3) is 2.66. The normalized spacial score (nSPS) is 22.6. The molecule has 0 heterocycles. The number of rotatable bonds is 0. The number of hydrogen-bond donors (Lipinski definition) is 0. The Hall–Kier alpha value is 1.74. The summed E-state index contributed by atoms with van der Waals surface area (Å²) < 4.78 is 0. The fourth-order valence-electron chi connectivity index (χ4n) is 1.82. The summed E-state index contributed by atoms with van der Waals surface area (Å²) in [6, 6.07) is 0. The summed E-state index contributed by atoms with van der Waals surface area (Å²) in [5, 5.41) is 0. The van der Waals surface area contributed by atoms with Gasteiger partial charge < -0.3 is 0 Å². The maximum absolute atomic E-state index is 2.46. The molecule has 0 spiro atoms. The van der Waals surface area contributed by atoms with Gasteiger partial charge in [-0.15, -0.1) is 0 Å². The third-order valence-corrected chi connectivity index (χ3v) is 2.49. The predicted molar refractivity (Wildman–Crippen MR) is 49.0 cm³/mol. The summed E-state index contributed by atoms with van der Waals surface area (Å²) in [7, 11) is 0. The van der Waals surface area contributed by atoms with Gasteiger partial charge in [0.1, 0.15) is 0 Å². The second-order valence-electron chi connectivity index (χ2n) is 3.04. The van der Waals surface area contributed by atoms with Crippen molar-refractivity contribution in [1.82, 2.24) is 0 Å². The van der Waals surface area contributed by atoms with Crippen LogP contribution in [-0.2, 0) is 0 Å². The van der Waals surface area contributed by atoms with Crippen molar-refractivity contribution in [1.29, 1.82) is 0 Å². The number of allylic oxidation sites excluding steroid dienone is 2. The molecular formula is C8H14Na2. The molecule has 3 aliphatic carbocycles. The Kier molecular flexibility index (Phi) is 6.34. The van der Waals surface area contributed by atoms with Crippen molar-refractivity contribution in [2.75, 3.05) is 0 Å². The predicted octanol–water partition coefficient (Wildman–Crippen LogP) is 1.21. The van der Waals surface area contributed by atoms with Crippen LogP contribution in [0.1, 0.15) is 32.1 Å². The molecule has 1 saturated carbocycles. The van der Waals surface area contributed by atoms with Gasteiger partial charge in [0, 0.05) is 0 Å². The van der Waals surface area contributed by atoms with Crippen LogP contribution in [0.15, 0.2) is 11.6 Å². The van der Waals surface area contributed by atoms with E-state index in [1.807, 2.05) is 0 Å². The number of fused-ring (bicyclic) bond motifs is 3. The van der Waals surface area contributed by atoms with E-state index in [-0.39, 0.29) is 59.1 Å². The minimum absolute atomic E-state index is 0. The third-order valence-electron chi connectivity index (χ3n) is 2.49. The molecule has 48 valence electrons. The molecule has 0 amide bonds. The zero-order chi connectivity index (χ0) is 5.40. The van der Waals surface area contributed by atoms with E-state index in [9.17, 15) is 0 Å². The first kappa shape index (κ1) is 11.7.